The van der Waals surface area contributed by atoms with Crippen molar-refractivity contribution >= 4 is 21.9 Å². The maximum atomic E-state index is 12.1. The predicted octanol–water partition coefficient (Wildman–Crippen LogP) is 0.677. The Morgan fingerprint density at radius 3 is 2.32 bits per heavy atom. The van der Waals surface area contributed by atoms with Crippen LogP contribution >= 0.6 is 0 Å². The minimum absolute atomic E-state index is 0.0952. The Bertz CT molecular complexity index is 677. The fourth-order valence-electron chi connectivity index (χ4n) is 1.65. The van der Waals surface area contributed by atoms with Gasteiger partial charge in [0.2, 0.25) is 10.0 Å². The van der Waals surface area contributed by atoms with E-state index in [4.69, 9.17) is 9.52 Å². The molecule has 0 aliphatic carbocycles. The molecule has 0 radical (unpaired) electrons. The van der Waals surface area contributed by atoms with Crippen LogP contribution in [0.15, 0.2) is 15.4 Å². The molecule has 0 saturated heterocycles. The molecule has 0 bridgehead atoms. The average molecular weight is 332 g/mol. The van der Waals surface area contributed by atoms with Gasteiger partial charge >= 0.3 is 5.97 Å². The summed E-state index contributed by atoms with van der Waals surface area (Å²) in [6.07, 6.45) is 0. The number of aryl methyl sites for hydroxylation is 1. The maximum absolute atomic E-state index is 12.1. The standard InChI is InChI=1S/C13H20N2O6S/c1-7(13(17)18)8(2)14-12(16)10-6-11(9(3)21-10)22(19,20)15(4)5/h6-8H,1-5H3,(H,14,16)(H,17,18). The molecule has 124 valence electrons. The second-order valence-corrected chi connectivity index (χ2v) is 7.33. The van der Waals surface area contributed by atoms with Crippen LogP contribution in [0.5, 0.6) is 0 Å². The summed E-state index contributed by atoms with van der Waals surface area (Å²) in [6, 6.07) is 0.502. The first-order chi connectivity index (χ1) is 9.98. The SMILES string of the molecule is Cc1oc(C(=O)NC(C)C(C)C(=O)O)cc1S(=O)(=O)N(C)C. The summed E-state index contributed by atoms with van der Waals surface area (Å²) in [5.74, 6) is -2.58. The molecule has 0 aliphatic heterocycles. The molecule has 1 rings (SSSR count). The normalized spacial score (nSPS) is 14.6. The molecule has 2 N–H and O–H groups in total. The summed E-state index contributed by atoms with van der Waals surface area (Å²) in [4.78, 5) is 22.8. The smallest absolute Gasteiger partial charge is 0.308 e. The fraction of sp³-hybridized carbons (Fsp3) is 0.538. The van der Waals surface area contributed by atoms with Gasteiger partial charge in [-0.25, -0.2) is 12.7 Å². The maximum Gasteiger partial charge on any atom is 0.308 e. The van der Waals surface area contributed by atoms with Crippen molar-refractivity contribution in [1.82, 2.24) is 9.62 Å². The summed E-state index contributed by atoms with van der Waals surface area (Å²) >= 11 is 0. The van der Waals surface area contributed by atoms with Crippen molar-refractivity contribution in [2.75, 3.05) is 14.1 Å². The van der Waals surface area contributed by atoms with Gasteiger partial charge < -0.3 is 14.8 Å². The predicted molar refractivity (Wildman–Crippen MR) is 78.0 cm³/mol. The van der Waals surface area contributed by atoms with E-state index in [1.54, 1.807) is 6.92 Å². The molecular formula is C13H20N2O6S. The summed E-state index contributed by atoms with van der Waals surface area (Å²) in [5, 5.41) is 11.4. The van der Waals surface area contributed by atoms with Crippen LogP contribution in [0, 0.1) is 12.8 Å². The number of carboxylic acids is 1. The van der Waals surface area contributed by atoms with E-state index in [-0.39, 0.29) is 16.4 Å². The van der Waals surface area contributed by atoms with Crippen LogP contribution < -0.4 is 5.32 Å². The summed E-state index contributed by atoms with van der Waals surface area (Å²) in [5.41, 5.74) is 0. The van der Waals surface area contributed by atoms with Gasteiger partial charge in [0.1, 0.15) is 10.7 Å². The summed E-state index contributed by atoms with van der Waals surface area (Å²) < 4.78 is 30.3. The van der Waals surface area contributed by atoms with E-state index in [2.05, 4.69) is 5.32 Å². The van der Waals surface area contributed by atoms with Gasteiger partial charge in [0, 0.05) is 26.2 Å². The quantitative estimate of drug-likeness (QED) is 0.791. The lowest BCUT2D eigenvalue weighted by Crippen LogP contribution is -2.39. The average Bonchev–Trinajstić information content (AvgIpc) is 2.80. The van der Waals surface area contributed by atoms with E-state index < -0.39 is 33.9 Å². The Morgan fingerprint density at radius 2 is 1.86 bits per heavy atom. The molecule has 22 heavy (non-hydrogen) atoms. The van der Waals surface area contributed by atoms with E-state index in [1.807, 2.05) is 0 Å². The highest BCUT2D eigenvalue weighted by molar-refractivity contribution is 7.89. The number of nitrogens with zero attached hydrogens (tertiary/aromatic N) is 1. The Balaban J connectivity index is 3.01. The number of carbonyl (C=O) groups is 2. The molecule has 0 saturated carbocycles. The topological polar surface area (TPSA) is 117 Å². The van der Waals surface area contributed by atoms with Gasteiger partial charge in [0.05, 0.1) is 5.92 Å². The molecule has 0 aromatic carbocycles. The van der Waals surface area contributed by atoms with E-state index >= 15 is 0 Å². The van der Waals surface area contributed by atoms with Crippen LogP contribution in [0.4, 0.5) is 0 Å². The van der Waals surface area contributed by atoms with Crippen LogP contribution in [0.2, 0.25) is 0 Å². The second-order valence-electron chi connectivity index (χ2n) is 5.21. The highest BCUT2D eigenvalue weighted by atomic mass is 32.2. The number of amides is 1. The number of carboxylic acid groups (broad SMARTS) is 1. The van der Waals surface area contributed by atoms with Crippen molar-refractivity contribution in [2.45, 2.75) is 31.7 Å². The van der Waals surface area contributed by atoms with E-state index in [0.717, 1.165) is 10.4 Å². The van der Waals surface area contributed by atoms with Gasteiger partial charge in [0.15, 0.2) is 5.76 Å². The molecule has 0 aliphatic rings. The van der Waals surface area contributed by atoms with Crippen LogP contribution in [0.25, 0.3) is 0 Å². The van der Waals surface area contributed by atoms with Gasteiger partial charge in [-0.1, -0.05) is 0 Å². The third-order valence-electron chi connectivity index (χ3n) is 3.35. The zero-order valence-corrected chi connectivity index (χ0v) is 13.9. The van der Waals surface area contributed by atoms with Gasteiger partial charge in [-0.3, -0.25) is 9.59 Å². The number of furan rings is 1. The van der Waals surface area contributed by atoms with Crippen molar-refractivity contribution in [3.05, 3.63) is 17.6 Å². The molecule has 1 heterocycles. The Hall–Kier alpha value is -1.87. The molecule has 1 aromatic heterocycles. The number of nitrogens with one attached hydrogen (secondary N) is 1. The highest BCUT2D eigenvalue weighted by Crippen LogP contribution is 2.22. The zero-order chi connectivity index (χ0) is 17.2. The lowest BCUT2D eigenvalue weighted by Gasteiger charge is -2.16. The first-order valence-corrected chi connectivity index (χ1v) is 7.99. The lowest BCUT2D eigenvalue weighted by atomic mass is 10.0. The first kappa shape index (κ1) is 18.2. The Labute approximate surface area is 129 Å². The molecule has 2 unspecified atom stereocenters. The number of sulfonamides is 1. The van der Waals surface area contributed by atoms with Gasteiger partial charge in [0.25, 0.3) is 5.91 Å². The third kappa shape index (κ3) is 3.66. The monoisotopic (exact) mass is 332 g/mol. The van der Waals surface area contributed by atoms with E-state index in [9.17, 15) is 18.0 Å². The third-order valence-corrected chi connectivity index (χ3v) is 5.28. The first-order valence-electron chi connectivity index (χ1n) is 6.55. The molecule has 1 amide bonds. The van der Waals surface area contributed by atoms with Crippen molar-refractivity contribution in [3.63, 3.8) is 0 Å². The second kappa shape index (κ2) is 6.49. The number of hydrogen-bond acceptors (Lipinski definition) is 5. The number of rotatable bonds is 6. The van der Waals surface area contributed by atoms with Crippen molar-refractivity contribution < 1.29 is 27.5 Å². The Kier molecular flexibility index (Phi) is 5.36. The molecule has 0 spiro atoms. The summed E-state index contributed by atoms with van der Waals surface area (Å²) in [7, 11) is -0.967. The molecule has 2 atom stereocenters. The van der Waals surface area contributed by atoms with E-state index in [1.165, 1.54) is 27.9 Å². The number of aliphatic carboxylic acids is 1. The molecule has 8 nitrogen and oxygen atoms in total. The highest BCUT2D eigenvalue weighted by Gasteiger charge is 2.27. The van der Waals surface area contributed by atoms with Crippen molar-refractivity contribution in [2.24, 2.45) is 5.92 Å². The van der Waals surface area contributed by atoms with Crippen LogP contribution in [0.1, 0.15) is 30.2 Å². The molecular weight excluding hydrogens is 312 g/mol. The Morgan fingerprint density at radius 1 is 1.32 bits per heavy atom. The molecule has 0 fully saturated rings. The van der Waals surface area contributed by atoms with E-state index in [0.29, 0.717) is 0 Å². The van der Waals surface area contributed by atoms with Crippen molar-refractivity contribution in [3.8, 4) is 0 Å². The molecule has 1 aromatic rings. The molecule has 9 heteroatoms. The fourth-order valence-corrected chi connectivity index (χ4v) is 2.70. The zero-order valence-electron chi connectivity index (χ0n) is 13.1. The van der Waals surface area contributed by atoms with Gasteiger partial charge in [-0.05, 0) is 20.8 Å². The minimum Gasteiger partial charge on any atom is -0.481 e. The summed E-state index contributed by atoms with van der Waals surface area (Å²) in [6.45, 7) is 4.45. The van der Waals surface area contributed by atoms with Crippen LogP contribution in [-0.2, 0) is 14.8 Å². The minimum atomic E-state index is -3.71. The van der Waals surface area contributed by atoms with Crippen molar-refractivity contribution in [1.29, 1.82) is 0 Å². The van der Waals surface area contributed by atoms with Crippen LogP contribution in [0.3, 0.4) is 0 Å². The van der Waals surface area contributed by atoms with Gasteiger partial charge in [-0.15, -0.1) is 0 Å². The largest absolute Gasteiger partial charge is 0.481 e. The lowest BCUT2D eigenvalue weighted by molar-refractivity contribution is -0.141. The van der Waals surface area contributed by atoms with Crippen LogP contribution in [-0.4, -0.2) is 49.8 Å². The number of carbonyl (C=O) groups excluding carboxylic acids is 1. The number of hydrogen-bond donors (Lipinski definition) is 2. The van der Waals surface area contributed by atoms with Gasteiger partial charge in [-0.2, -0.15) is 0 Å².